The third kappa shape index (κ3) is 2.66. The summed E-state index contributed by atoms with van der Waals surface area (Å²) in [4.78, 5) is 15.2. The minimum absolute atomic E-state index is 0. The van der Waals surface area contributed by atoms with E-state index in [1.165, 1.54) is 13.2 Å². The Kier molecular flexibility index (Phi) is 5.37. The van der Waals surface area contributed by atoms with Crippen molar-refractivity contribution in [2.75, 3.05) is 7.11 Å². The van der Waals surface area contributed by atoms with Gasteiger partial charge in [0.15, 0.2) is 5.82 Å². The van der Waals surface area contributed by atoms with Gasteiger partial charge in [0.05, 0.1) is 22.9 Å². The Morgan fingerprint density at radius 2 is 2.25 bits per heavy atom. The van der Waals surface area contributed by atoms with Crippen LogP contribution in [0.4, 0.5) is 4.39 Å². The minimum atomic E-state index is -0.691. The van der Waals surface area contributed by atoms with Gasteiger partial charge < -0.3 is 4.74 Å². The number of benzene rings is 1. The molecule has 16 heavy (non-hydrogen) atoms. The molecule has 0 saturated heterocycles. The molecule has 0 bridgehead atoms. The molecule has 1 aromatic heterocycles. The van der Waals surface area contributed by atoms with E-state index in [9.17, 15) is 9.18 Å². The predicted molar refractivity (Wildman–Crippen MR) is 65.3 cm³/mol. The van der Waals surface area contributed by atoms with E-state index in [0.717, 1.165) is 11.3 Å². The van der Waals surface area contributed by atoms with Crippen LogP contribution in [0.1, 0.15) is 10.4 Å². The van der Waals surface area contributed by atoms with Crippen LogP contribution in [0.15, 0.2) is 16.5 Å². The summed E-state index contributed by atoms with van der Waals surface area (Å²) in [5.41, 5.74) is 0.414. The van der Waals surface area contributed by atoms with Crippen molar-refractivity contribution in [2.24, 2.45) is 0 Å². The number of hydrogen-bond donors (Lipinski definition) is 1. The van der Waals surface area contributed by atoms with Gasteiger partial charge in [0, 0.05) is 0 Å². The van der Waals surface area contributed by atoms with Gasteiger partial charge in [0.25, 0.3) is 0 Å². The molecular weight excluding hydrogens is 276 g/mol. The second kappa shape index (κ2) is 5.90. The van der Waals surface area contributed by atoms with Crippen molar-refractivity contribution in [3.63, 3.8) is 0 Å². The van der Waals surface area contributed by atoms with Crippen molar-refractivity contribution in [2.45, 2.75) is 4.34 Å². The molecule has 0 amide bonds. The first-order chi connectivity index (χ1) is 7.13. The van der Waals surface area contributed by atoms with E-state index in [4.69, 9.17) is 0 Å². The zero-order valence-corrected chi connectivity index (χ0v) is 9.36. The Morgan fingerprint density at radius 1 is 1.56 bits per heavy atom. The second-order valence-corrected chi connectivity index (χ2v) is 4.49. The summed E-state index contributed by atoms with van der Waals surface area (Å²) in [5, 5.41) is 0. The molecule has 0 aliphatic rings. The first-order valence-electron chi connectivity index (χ1n) is 4.00. The fourth-order valence-electron chi connectivity index (χ4n) is 1.22. The normalized spacial score (nSPS) is 9.94. The molecule has 0 spiro atoms. The predicted octanol–water partition coefficient (Wildman–Crippen LogP) is 1.86. The first-order valence-corrected chi connectivity index (χ1v) is 5.26. The molecule has 2 rings (SSSR count). The third-order valence-corrected chi connectivity index (χ3v) is 3.13. The van der Waals surface area contributed by atoms with Crippen LogP contribution < -0.4 is 0 Å². The molecule has 1 heterocycles. The molecule has 3 nitrogen and oxygen atoms in total. The molecule has 0 radical (unpaired) electrons. The van der Waals surface area contributed by atoms with Crippen LogP contribution in [-0.2, 0) is 4.74 Å². The van der Waals surface area contributed by atoms with Crippen molar-refractivity contribution in [1.82, 2.24) is 4.98 Å². The SMILES string of the molecule is COC(=O)c1ccc2nc(S)sc2c1F.[KH]. The van der Waals surface area contributed by atoms with Gasteiger partial charge in [-0.15, -0.1) is 24.0 Å². The van der Waals surface area contributed by atoms with Crippen molar-refractivity contribution >= 4 is 91.5 Å². The number of hydrogen-bond acceptors (Lipinski definition) is 5. The number of carbonyl (C=O) groups excluding carboxylic acids is 1. The monoisotopic (exact) mass is 283 g/mol. The fraction of sp³-hybridized carbons (Fsp3) is 0.111. The van der Waals surface area contributed by atoms with Crippen LogP contribution in [0.5, 0.6) is 0 Å². The van der Waals surface area contributed by atoms with Crippen molar-refractivity contribution < 1.29 is 13.9 Å². The molecular formula is C9H7FKNO2S2. The number of ether oxygens (including phenoxy) is 1. The van der Waals surface area contributed by atoms with Crippen molar-refractivity contribution in [3.8, 4) is 0 Å². The Hall–Kier alpha value is 0.496. The maximum atomic E-state index is 13.8. The maximum absolute atomic E-state index is 13.8. The van der Waals surface area contributed by atoms with E-state index >= 15 is 0 Å². The van der Waals surface area contributed by atoms with Gasteiger partial charge in [0.1, 0.15) is 4.34 Å². The molecule has 0 aliphatic heterocycles. The molecule has 0 saturated carbocycles. The van der Waals surface area contributed by atoms with Crippen LogP contribution >= 0.6 is 24.0 Å². The molecule has 2 aromatic rings. The van der Waals surface area contributed by atoms with E-state index in [2.05, 4.69) is 22.3 Å². The molecule has 0 N–H and O–H groups in total. The number of thiazole rings is 1. The number of nitrogens with zero attached hydrogens (tertiary/aromatic N) is 1. The van der Waals surface area contributed by atoms with Crippen LogP contribution in [0, 0.1) is 5.82 Å². The van der Waals surface area contributed by atoms with Gasteiger partial charge >= 0.3 is 57.4 Å². The number of carbonyl (C=O) groups is 1. The Balaban J connectivity index is 0.00000128. The number of rotatable bonds is 1. The number of thiol groups is 1. The van der Waals surface area contributed by atoms with E-state index in [-0.39, 0.29) is 56.9 Å². The molecule has 0 unspecified atom stereocenters. The van der Waals surface area contributed by atoms with Crippen LogP contribution in [0.3, 0.4) is 0 Å². The molecule has 1 aromatic carbocycles. The Labute approximate surface area is 143 Å². The van der Waals surface area contributed by atoms with Crippen LogP contribution in [0.25, 0.3) is 10.2 Å². The first kappa shape index (κ1) is 14.6. The number of fused-ring (bicyclic) bond motifs is 1. The zero-order valence-electron chi connectivity index (χ0n) is 7.65. The summed E-state index contributed by atoms with van der Waals surface area (Å²) in [6.07, 6.45) is 0. The van der Waals surface area contributed by atoms with Crippen molar-refractivity contribution in [3.05, 3.63) is 23.5 Å². The molecule has 0 atom stereocenters. The quantitative estimate of drug-likeness (QED) is 0.493. The average Bonchev–Trinajstić information content (AvgIpc) is 2.59. The number of aromatic nitrogens is 1. The number of halogens is 1. The molecule has 80 valence electrons. The summed E-state index contributed by atoms with van der Waals surface area (Å²) in [5.74, 6) is -1.29. The summed E-state index contributed by atoms with van der Waals surface area (Å²) < 4.78 is 19.0. The van der Waals surface area contributed by atoms with E-state index < -0.39 is 11.8 Å². The van der Waals surface area contributed by atoms with E-state index in [1.807, 2.05) is 0 Å². The van der Waals surface area contributed by atoms with E-state index in [1.54, 1.807) is 6.07 Å². The van der Waals surface area contributed by atoms with Crippen LogP contribution in [-0.4, -0.2) is 69.4 Å². The topological polar surface area (TPSA) is 39.2 Å². The van der Waals surface area contributed by atoms with E-state index in [0.29, 0.717) is 14.6 Å². The third-order valence-electron chi connectivity index (χ3n) is 1.89. The Bertz CT molecular complexity index is 544. The van der Waals surface area contributed by atoms with Gasteiger partial charge in [-0.05, 0) is 12.1 Å². The number of methoxy groups -OCH3 is 1. The second-order valence-electron chi connectivity index (χ2n) is 2.76. The summed E-state index contributed by atoms with van der Waals surface area (Å²) in [7, 11) is 1.21. The standard InChI is InChI=1S/C9H6FNO2S2.K.H/c1-13-8(12)4-2-3-5-7(6(4)10)15-9(14)11-5;;/h2-3H,1H3,(H,11,14);;. The van der Waals surface area contributed by atoms with Crippen molar-refractivity contribution in [1.29, 1.82) is 0 Å². The average molecular weight is 283 g/mol. The van der Waals surface area contributed by atoms with Gasteiger partial charge in [0.2, 0.25) is 0 Å². The summed E-state index contributed by atoms with van der Waals surface area (Å²) in [6.45, 7) is 0. The van der Waals surface area contributed by atoms with Gasteiger partial charge in [-0.3, -0.25) is 0 Å². The van der Waals surface area contributed by atoms with Gasteiger partial charge in [-0.25, -0.2) is 14.2 Å². The molecule has 7 heteroatoms. The van der Waals surface area contributed by atoms with Gasteiger partial charge in [-0.1, -0.05) is 0 Å². The number of esters is 1. The van der Waals surface area contributed by atoms with Crippen LogP contribution in [0.2, 0.25) is 0 Å². The zero-order chi connectivity index (χ0) is 11.0. The Morgan fingerprint density at radius 3 is 2.88 bits per heavy atom. The summed E-state index contributed by atoms with van der Waals surface area (Å²) in [6, 6.07) is 2.93. The fourth-order valence-corrected chi connectivity index (χ4v) is 2.34. The van der Waals surface area contributed by atoms with Gasteiger partial charge in [-0.2, -0.15) is 0 Å². The molecule has 0 fully saturated rings. The molecule has 0 aliphatic carbocycles. The summed E-state index contributed by atoms with van der Waals surface area (Å²) >= 11 is 5.11.